The molecule has 0 saturated heterocycles. The zero-order valence-corrected chi connectivity index (χ0v) is 22.6. The smallest absolute Gasteiger partial charge is 0.243 e. The SMILES string of the molecule is CC[C@H](C(=O)NC(C)C)N(Cc1ccccc1)C(=O)CCCN(c1ccc(C)c(C)c1)S(C)(=O)=O. The largest absolute Gasteiger partial charge is 0.352 e. The Hall–Kier alpha value is -2.87. The maximum atomic E-state index is 13.4. The highest BCUT2D eigenvalue weighted by atomic mass is 32.2. The summed E-state index contributed by atoms with van der Waals surface area (Å²) in [5, 5.41) is 2.92. The van der Waals surface area contributed by atoms with Gasteiger partial charge in [-0.2, -0.15) is 0 Å². The first-order valence-corrected chi connectivity index (χ1v) is 14.0. The predicted molar refractivity (Wildman–Crippen MR) is 142 cm³/mol. The topological polar surface area (TPSA) is 86.8 Å². The highest BCUT2D eigenvalue weighted by molar-refractivity contribution is 7.92. The molecule has 7 nitrogen and oxygen atoms in total. The van der Waals surface area contributed by atoms with Crippen molar-refractivity contribution in [3.8, 4) is 0 Å². The minimum absolute atomic E-state index is 0.0356. The monoisotopic (exact) mass is 501 g/mol. The first-order valence-electron chi connectivity index (χ1n) is 12.1. The molecule has 1 N–H and O–H groups in total. The second kappa shape index (κ2) is 12.7. The Labute approximate surface area is 210 Å². The molecule has 0 radical (unpaired) electrons. The molecule has 0 aromatic heterocycles. The molecule has 0 saturated carbocycles. The lowest BCUT2D eigenvalue weighted by Crippen LogP contribution is -2.50. The van der Waals surface area contributed by atoms with Crippen LogP contribution in [0.25, 0.3) is 0 Å². The van der Waals surface area contributed by atoms with E-state index in [1.165, 1.54) is 10.6 Å². The third-order valence-corrected chi connectivity index (χ3v) is 7.14. The zero-order chi connectivity index (χ0) is 26.2. The summed E-state index contributed by atoms with van der Waals surface area (Å²) in [5.74, 6) is -0.354. The number of carbonyl (C=O) groups is 2. The highest BCUT2D eigenvalue weighted by Crippen LogP contribution is 2.22. The summed E-state index contributed by atoms with van der Waals surface area (Å²) in [6.45, 7) is 10.1. The summed E-state index contributed by atoms with van der Waals surface area (Å²) >= 11 is 0. The number of hydrogen-bond donors (Lipinski definition) is 1. The fourth-order valence-electron chi connectivity index (χ4n) is 3.96. The number of nitrogens with zero attached hydrogens (tertiary/aromatic N) is 2. The molecule has 0 aliphatic rings. The van der Waals surface area contributed by atoms with Gasteiger partial charge in [0.2, 0.25) is 21.8 Å². The van der Waals surface area contributed by atoms with Crippen LogP contribution in [0.1, 0.15) is 56.7 Å². The normalized spacial score (nSPS) is 12.3. The number of anilines is 1. The summed E-state index contributed by atoms with van der Waals surface area (Å²) in [6, 6.07) is 14.5. The van der Waals surface area contributed by atoms with Gasteiger partial charge < -0.3 is 10.2 Å². The van der Waals surface area contributed by atoms with Crippen molar-refractivity contribution in [1.82, 2.24) is 10.2 Å². The zero-order valence-electron chi connectivity index (χ0n) is 21.7. The minimum atomic E-state index is -3.52. The van der Waals surface area contributed by atoms with Gasteiger partial charge in [-0.25, -0.2) is 8.42 Å². The second-order valence-corrected chi connectivity index (χ2v) is 11.2. The molecular formula is C27H39N3O4S. The molecule has 8 heteroatoms. The molecule has 0 bridgehead atoms. The van der Waals surface area contributed by atoms with E-state index in [0.717, 1.165) is 16.7 Å². The van der Waals surface area contributed by atoms with E-state index in [1.807, 2.05) is 77.1 Å². The van der Waals surface area contributed by atoms with E-state index >= 15 is 0 Å². The number of carbonyl (C=O) groups excluding carboxylic acids is 2. The van der Waals surface area contributed by atoms with Crippen LogP contribution >= 0.6 is 0 Å². The molecule has 0 spiro atoms. The van der Waals surface area contributed by atoms with Gasteiger partial charge in [0, 0.05) is 25.6 Å². The molecule has 0 aliphatic carbocycles. The van der Waals surface area contributed by atoms with Crippen LogP contribution in [0.15, 0.2) is 48.5 Å². The van der Waals surface area contributed by atoms with Crippen LogP contribution in [0.3, 0.4) is 0 Å². The van der Waals surface area contributed by atoms with E-state index in [1.54, 1.807) is 11.0 Å². The molecule has 2 aromatic rings. The molecule has 0 fully saturated rings. The van der Waals surface area contributed by atoms with Crippen molar-refractivity contribution >= 4 is 27.5 Å². The summed E-state index contributed by atoms with van der Waals surface area (Å²) < 4.78 is 26.4. The highest BCUT2D eigenvalue weighted by Gasteiger charge is 2.29. The van der Waals surface area contributed by atoms with Crippen molar-refractivity contribution in [2.24, 2.45) is 0 Å². The average molecular weight is 502 g/mol. The standard InChI is InChI=1S/C27H39N3O4S/c1-7-25(27(32)28-20(2)3)29(19-23-12-9-8-10-13-23)26(31)14-11-17-30(35(6,33)34)24-16-15-21(4)22(5)18-24/h8-10,12-13,15-16,18,20,25H,7,11,14,17,19H2,1-6H3,(H,28,32)/t25-/m1/s1. The fraction of sp³-hybridized carbons (Fsp3) is 0.481. The Kier molecular flexibility index (Phi) is 10.3. The van der Waals surface area contributed by atoms with Gasteiger partial charge in [-0.1, -0.05) is 43.3 Å². The van der Waals surface area contributed by atoms with Crippen LogP contribution in [-0.4, -0.2) is 50.0 Å². The summed E-state index contributed by atoms with van der Waals surface area (Å²) in [7, 11) is -3.52. The van der Waals surface area contributed by atoms with Gasteiger partial charge in [-0.3, -0.25) is 13.9 Å². The number of benzene rings is 2. The summed E-state index contributed by atoms with van der Waals surface area (Å²) in [6.07, 6.45) is 2.13. The van der Waals surface area contributed by atoms with Gasteiger partial charge in [0.1, 0.15) is 6.04 Å². The Balaban J connectivity index is 2.20. The minimum Gasteiger partial charge on any atom is -0.352 e. The van der Waals surface area contributed by atoms with Gasteiger partial charge in [-0.15, -0.1) is 0 Å². The lowest BCUT2D eigenvalue weighted by Gasteiger charge is -2.31. The van der Waals surface area contributed by atoms with Crippen molar-refractivity contribution in [2.75, 3.05) is 17.1 Å². The van der Waals surface area contributed by atoms with E-state index in [0.29, 0.717) is 25.1 Å². The third-order valence-electron chi connectivity index (χ3n) is 5.94. The Morgan fingerprint density at radius 1 is 1.00 bits per heavy atom. The fourth-order valence-corrected chi connectivity index (χ4v) is 4.92. The Morgan fingerprint density at radius 2 is 1.66 bits per heavy atom. The van der Waals surface area contributed by atoms with Crippen molar-refractivity contribution in [3.05, 3.63) is 65.2 Å². The van der Waals surface area contributed by atoms with Crippen molar-refractivity contribution in [1.29, 1.82) is 0 Å². The van der Waals surface area contributed by atoms with Crippen LogP contribution in [0.5, 0.6) is 0 Å². The van der Waals surface area contributed by atoms with E-state index in [-0.39, 0.29) is 30.8 Å². The number of rotatable bonds is 12. The number of nitrogens with one attached hydrogen (secondary N) is 1. The van der Waals surface area contributed by atoms with Gasteiger partial charge in [-0.05, 0) is 69.4 Å². The molecule has 2 amide bonds. The van der Waals surface area contributed by atoms with Crippen LogP contribution in [0.4, 0.5) is 5.69 Å². The molecule has 0 heterocycles. The number of hydrogen-bond acceptors (Lipinski definition) is 4. The number of sulfonamides is 1. The number of aryl methyl sites for hydroxylation is 2. The molecule has 2 aromatic carbocycles. The van der Waals surface area contributed by atoms with Gasteiger partial charge in [0.15, 0.2) is 0 Å². The quantitative estimate of drug-likeness (QED) is 0.473. The second-order valence-electron chi connectivity index (χ2n) is 9.30. The van der Waals surface area contributed by atoms with Crippen LogP contribution in [0, 0.1) is 13.8 Å². The summed E-state index contributed by atoms with van der Waals surface area (Å²) in [4.78, 5) is 27.9. The average Bonchev–Trinajstić information content (AvgIpc) is 2.78. The van der Waals surface area contributed by atoms with Gasteiger partial charge >= 0.3 is 0 Å². The molecule has 1 atom stereocenters. The van der Waals surface area contributed by atoms with Crippen molar-refractivity contribution in [2.45, 2.75) is 72.5 Å². The molecular weight excluding hydrogens is 462 g/mol. The Bertz CT molecular complexity index is 1100. The van der Waals surface area contributed by atoms with Crippen molar-refractivity contribution < 1.29 is 18.0 Å². The lowest BCUT2D eigenvalue weighted by molar-refractivity contribution is -0.141. The van der Waals surface area contributed by atoms with Crippen molar-refractivity contribution in [3.63, 3.8) is 0 Å². The molecule has 0 aliphatic heterocycles. The van der Waals surface area contributed by atoms with Gasteiger partial charge in [0.25, 0.3) is 0 Å². The molecule has 35 heavy (non-hydrogen) atoms. The maximum absolute atomic E-state index is 13.4. The van der Waals surface area contributed by atoms with Crippen LogP contribution in [0.2, 0.25) is 0 Å². The van der Waals surface area contributed by atoms with E-state index < -0.39 is 16.1 Å². The number of amides is 2. The molecule has 192 valence electrons. The van der Waals surface area contributed by atoms with E-state index in [4.69, 9.17) is 0 Å². The van der Waals surface area contributed by atoms with Crippen LogP contribution < -0.4 is 9.62 Å². The lowest BCUT2D eigenvalue weighted by atomic mass is 10.1. The first-order chi connectivity index (χ1) is 16.4. The van der Waals surface area contributed by atoms with Crippen LogP contribution in [-0.2, 0) is 26.2 Å². The Morgan fingerprint density at radius 3 is 2.20 bits per heavy atom. The maximum Gasteiger partial charge on any atom is 0.243 e. The van der Waals surface area contributed by atoms with Gasteiger partial charge in [0.05, 0.1) is 11.9 Å². The third kappa shape index (κ3) is 8.38. The predicted octanol–water partition coefficient (Wildman–Crippen LogP) is 4.18. The first kappa shape index (κ1) is 28.4. The molecule has 2 rings (SSSR count). The summed E-state index contributed by atoms with van der Waals surface area (Å²) in [5.41, 5.74) is 3.61. The molecule has 0 unspecified atom stereocenters. The van der Waals surface area contributed by atoms with E-state index in [2.05, 4.69) is 5.32 Å². The van der Waals surface area contributed by atoms with E-state index in [9.17, 15) is 18.0 Å².